The summed E-state index contributed by atoms with van der Waals surface area (Å²) < 4.78 is 5.30. The summed E-state index contributed by atoms with van der Waals surface area (Å²) in [6, 6.07) is 2.94. The number of amides is 1. The van der Waals surface area contributed by atoms with Crippen molar-refractivity contribution in [3.63, 3.8) is 0 Å². The first-order chi connectivity index (χ1) is 11.4. The van der Waals surface area contributed by atoms with Gasteiger partial charge in [-0.1, -0.05) is 19.3 Å². The van der Waals surface area contributed by atoms with Crippen LogP contribution in [-0.4, -0.2) is 22.0 Å². The van der Waals surface area contributed by atoms with Crippen LogP contribution in [0.5, 0.6) is 0 Å². The fourth-order valence-electron chi connectivity index (χ4n) is 2.89. The molecule has 0 saturated heterocycles. The Balaban J connectivity index is 2.04. The molecular formula is C15H19N3O6. The highest BCUT2D eigenvalue weighted by molar-refractivity contribution is 5.85. The van der Waals surface area contributed by atoms with Gasteiger partial charge in [-0.05, 0) is 25.7 Å². The van der Waals surface area contributed by atoms with Gasteiger partial charge >= 0.3 is 6.09 Å². The van der Waals surface area contributed by atoms with E-state index in [2.05, 4.69) is 5.32 Å². The summed E-state index contributed by atoms with van der Waals surface area (Å²) in [6.45, 7) is 1.81. The molecule has 1 aliphatic rings. The minimum atomic E-state index is -0.775. The van der Waals surface area contributed by atoms with Gasteiger partial charge in [0.2, 0.25) is 0 Å². The molecule has 0 heterocycles. The minimum Gasteiger partial charge on any atom is -0.446 e. The Hall–Kier alpha value is -2.71. The number of rotatable bonds is 5. The number of ether oxygens (including phenoxy) is 1. The summed E-state index contributed by atoms with van der Waals surface area (Å²) in [5, 5.41) is 24.0. The fraction of sp³-hybridized carbons (Fsp3) is 0.533. The first-order valence-corrected chi connectivity index (χ1v) is 7.78. The number of nitrogens with one attached hydrogen (secondary N) is 1. The van der Waals surface area contributed by atoms with Crippen LogP contribution in [0.1, 0.15) is 39.0 Å². The van der Waals surface area contributed by atoms with Crippen LogP contribution in [0.2, 0.25) is 0 Å². The van der Waals surface area contributed by atoms with Crippen molar-refractivity contribution in [1.29, 1.82) is 0 Å². The van der Waals surface area contributed by atoms with Gasteiger partial charge in [-0.2, -0.15) is 0 Å². The average Bonchev–Trinajstić information content (AvgIpc) is 2.55. The summed E-state index contributed by atoms with van der Waals surface area (Å²) in [6.07, 6.45) is 4.34. The smallest absolute Gasteiger partial charge is 0.411 e. The number of nitrogens with zero attached hydrogens (tertiary/aromatic N) is 2. The number of non-ortho nitro benzene ring substituents is 2. The highest BCUT2D eigenvalue weighted by Crippen LogP contribution is 2.29. The summed E-state index contributed by atoms with van der Waals surface area (Å²) in [7, 11) is 0. The van der Waals surface area contributed by atoms with Crippen molar-refractivity contribution in [2.24, 2.45) is 5.92 Å². The lowest BCUT2D eigenvalue weighted by atomic mass is 9.86. The van der Waals surface area contributed by atoms with E-state index in [0.29, 0.717) is 5.92 Å². The third-order valence-corrected chi connectivity index (χ3v) is 4.18. The highest BCUT2D eigenvalue weighted by Gasteiger charge is 2.24. The lowest BCUT2D eigenvalue weighted by Crippen LogP contribution is -2.28. The van der Waals surface area contributed by atoms with Gasteiger partial charge in [-0.15, -0.1) is 0 Å². The molecule has 1 aromatic rings. The molecule has 1 saturated carbocycles. The number of carbonyl (C=O) groups excluding carboxylic acids is 1. The van der Waals surface area contributed by atoms with Crippen molar-refractivity contribution in [3.05, 3.63) is 38.4 Å². The second-order valence-electron chi connectivity index (χ2n) is 5.89. The third kappa shape index (κ3) is 4.64. The number of benzene rings is 1. The van der Waals surface area contributed by atoms with Gasteiger partial charge in [-0.25, -0.2) is 4.79 Å². The van der Waals surface area contributed by atoms with E-state index in [9.17, 15) is 25.0 Å². The SMILES string of the molecule is CC(OC(=O)Nc1cc([N+](=O)[O-])cc([N+](=O)[O-])c1)C1CCCCC1. The van der Waals surface area contributed by atoms with E-state index < -0.39 is 27.3 Å². The van der Waals surface area contributed by atoms with E-state index in [1.54, 1.807) is 0 Å². The van der Waals surface area contributed by atoms with Gasteiger partial charge in [0.1, 0.15) is 6.10 Å². The molecule has 2 rings (SSSR count). The normalized spacial score (nSPS) is 16.2. The molecule has 1 aromatic carbocycles. The van der Waals surface area contributed by atoms with Crippen LogP contribution in [0.15, 0.2) is 18.2 Å². The van der Waals surface area contributed by atoms with Crippen LogP contribution in [0, 0.1) is 26.1 Å². The zero-order valence-corrected chi connectivity index (χ0v) is 13.3. The van der Waals surface area contributed by atoms with Gasteiger partial charge in [0.25, 0.3) is 11.4 Å². The van der Waals surface area contributed by atoms with Gasteiger partial charge in [-0.3, -0.25) is 25.5 Å². The molecule has 9 heteroatoms. The van der Waals surface area contributed by atoms with Gasteiger partial charge in [0.15, 0.2) is 0 Å². The molecule has 1 N–H and O–H groups in total. The van der Waals surface area contributed by atoms with Crippen LogP contribution >= 0.6 is 0 Å². The predicted octanol–water partition coefficient (Wildman–Crippen LogP) is 4.02. The maximum absolute atomic E-state index is 12.0. The molecule has 9 nitrogen and oxygen atoms in total. The number of carbonyl (C=O) groups is 1. The molecule has 1 atom stereocenters. The van der Waals surface area contributed by atoms with Crippen molar-refractivity contribution in [2.75, 3.05) is 5.32 Å². The number of nitro benzene ring substituents is 2. The Kier molecular flexibility index (Phi) is 5.67. The Labute approximate surface area is 138 Å². The number of hydrogen-bond acceptors (Lipinski definition) is 6. The lowest BCUT2D eigenvalue weighted by molar-refractivity contribution is -0.394. The van der Waals surface area contributed by atoms with E-state index in [0.717, 1.165) is 43.9 Å². The van der Waals surface area contributed by atoms with Crippen molar-refractivity contribution < 1.29 is 19.4 Å². The summed E-state index contributed by atoms with van der Waals surface area (Å²) in [4.78, 5) is 32.1. The fourth-order valence-corrected chi connectivity index (χ4v) is 2.89. The van der Waals surface area contributed by atoms with Crippen LogP contribution < -0.4 is 5.32 Å². The molecule has 130 valence electrons. The number of nitro groups is 2. The highest BCUT2D eigenvalue weighted by atomic mass is 16.6. The first-order valence-electron chi connectivity index (χ1n) is 7.78. The van der Waals surface area contributed by atoms with E-state index in [-0.39, 0.29) is 11.8 Å². The van der Waals surface area contributed by atoms with Crippen molar-refractivity contribution >= 4 is 23.2 Å². The van der Waals surface area contributed by atoms with Crippen LogP contribution in [-0.2, 0) is 4.74 Å². The zero-order chi connectivity index (χ0) is 17.7. The minimum absolute atomic E-state index is 0.0447. The molecule has 1 unspecified atom stereocenters. The molecule has 0 radical (unpaired) electrons. The Morgan fingerprint density at radius 3 is 2.17 bits per heavy atom. The Bertz CT molecular complexity index is 610. The molecule has 0 spiro atoms. The maximum atomic E-state index is 12.0. The van der Waals surface area contributed by atoms with Gasteiger partial charge < -0.3 is 4.74 Å². The summed E-state index contributed by atoms with van der Waals surface area (Å²) in [5.74, 6) is 0.295. The average molecular weight is 337 g/mol. The lowest BCUT2D eigenvalue weighted by Gasteiger charge is -2.27. The van der Waals surface area contributed by atoms with Crippen LogP contribution in [0.4, 0.5) is 21.9 Å². The number of anilines is 1. The Morgan fingerprint density at radius 2 is 1.67 bits per heavy atom. The van der Waals surface area contributed by atoms with Crippen LogP contribution in [0.3, 0.4) is 0 Å². The maximum Gasteiger partial charge on any atom is 0.411 e. The topological polar surface area (TPSA) is 125 Å². The second kappa shape index (κ2) is 7.71. The van der Waals surface area contributed by atoms with E-state index in [4.69, 9.17) is 4.74 Å². The standard InChI is InChI=1S/C15H19N3O6/c1-10(11-5-3-2-4-6-11)24-15(19)16-12-7-13(17(20)21)9-14(8-12)18(22)23/h7-11H,2-6H2,1H3,(H,16,19). The third-order valence-electron chi connectivity index (χ3n) is 4.18. The molecule has 24 heavy (non-hydrogen) atoms. The van der Waals surface area contributed by atoms with E-state index >= 15 is 0 Å². The van der Waals surface area contributed by atoms with Crippen molar-refractivity contribution in [2.45, 2.75) is 45.1 Å². The molecule has 0 aromatic heterocycles. The van der Waals surface area contributed by atoms with E-state index in [1.807, 2.05) is 6.92 Å². The van der Waals surface area contributed by atoms with Crippen molar-refractivity contribution in [3.8, 4) is 0 Å². The largest absolute Gasteiger partial charge is 0.446 e. The molecule has 0 bridgehead atoms. The predicted molar refractivity (Wildman–Crippen MR) is 85.9 cm³/mol. The zero-order valence-electron chi connectivity index (χ0n) is 13.3. The molecule has 1 fully saturated rings. The summed E-state index contributed by atoms with van der Waals surface area (Å²) in [5.41, 5.74) is -0.989. The first kappa shape index (κ1) is 17.6. The molecule has 0 aliphatic heterocycles. The number of hydrogen-bond donors (Lipinski definition) is 1. The molecule has 1 amide bonds. The Morgan fingerprint density at radius 1 is 1.12 bits per heavy atom. The molecule has 1 aliphatic carbocycles. The van der Waals surface area contributed by atoms with Gasteiger partial charge in [0, 0.05) is 12.1 Å². The quantitative estimate of drug-likeness (QED) is 0.639. The second-order valence-corrected chi connectivity index (χ2v) is 5.89. The van der Waals surface area contributed by atoms with Gasteiger partial charge in [0.05, 0.1) is 21.6 Å². The van der Waals surface area contributed by atoms with Crippen LogP contribution in [0.25, 0.3) is 0 Å². The van der Waals surface area contributed by atoms with E-state index in [1.165, 1.54) is 6.42 Å². The van der Waals surface area contributed by atoms with Crippen molar-refractivity contribution in [1.82, 2.24) is 0 Å². The summed E-state index contributed by atoms with van der Waals surface area (Å²) >= 11 is 0. The molecular weight excluding hydrogens is 318 g/mol. The monoisotopic (exact) mass is 337 g/mol.